The van der Waals surface area contributed by atoms with Crippen molar-refractivity contribution in [2.24, 2.45) is 5.92 Å². The van der Waals surface area contributed by atoms with E-state index < -0.39 is 0 Å². The minimum absolute atomic E-state index is 0.0579. The smallest absolute Gasteiger partial charge is 0.245 e. The Bertz CT molecular complexity index is 509. The minimum atomic E-state index is -0.135. The van der Waals surface area contributed by atoms with Gasteiger partial charge >= 0.3 is 0 Å². The van der Waals surface area contributed by atoms with Crippen molar-refractivity contribution in [3.8, 4) is 0 Å². The zero-order valence-electron chi connectivity index (χ0n) is 10.8. The lowest BCUT2D eigenvalue weighted by molar-refractivity contribution is -0.130. The number of amides is 2. The topological polar surface area (TPSA) is 58.2 Å². The van der Waals surface area contributed by atoms with Crippen molar-refractivity contribution in [1.29, 1.82) is 0 Å². The van der Waals surface area contributed by atoms with Gasteiger partial charge in [0.1, 0.15) is 0 Å². The third kappa shape index (κ3) is 2.62. The SMILES string of the molecule is O=C(NNC(=O)C1CCCc2ccccc21)C1CC1. The molecule has 2 aliphatic rings. The van der Waals surface area contributed by atoms with Gasteiger partial charge in [0.25, 0.3) is 0 Å². The van der Waals surface area contributed by atoms with Crippen molar-refractivity contribution in [3.05, 3.63) is 35.4 Å². The van der Waals surface area contributed by atoms with Crippen LogP contribution in [0, 0.1) is 5.92 Å². The van der Waals surface area contributed by atoms with Gasteiger partial charge in [-0.05, 0) is 43.2 Å². The molecule has 1 aromatic rings. The molecule has 1 fully saturated rings. The second-order valence-electron chi connectivity index (χ2n) is 5.40. The molecule has 0 heterocycles. The molecule has 1 saturated carbocycles. The molecule has 1 atom stereocenters. The number of hydrogen-bond acceptors (Lipinski definition) is 2. The number of benzene rings is 1. The van der Waals surface area contributed by atoms with E-state index in [9.17, 15) is 9.59 Å². The number of nitrogens with one attached hydrogen (secondary N) is 2. The fourth-order valence-electron chi connectivity index (χ4n) is 2.68. The van der Waals surface area contributed by atoms with E-state index in [4.69, 9.17) is 0 Å². The Morgan fingerprint density at radius 2 is 1.74 bits per heavy atom. The van der Waals surface area contributed by atoms with Crippen LogP contribution in [0.2, 0.25) is 0 Å². The lowest BCUT2D eigenvalue weighted by atomic mass is 9.82. The molecule has 2 aliphatic carbocycles. The summed E-state index contributed by atoms with van der Waals surface area (Å²) in [4.78, 5) is 23.7. The highest BCUT2D eigenvalue weighted by molar-refractivity contribution is 5.88. The highest BCUT2D eigenvalue weighted by atomic mass is 16.2. The molecule has 0 aromatic heterocycles. The third-order valence-corrected chi connectivity index (χ3v) is 3.94. The van der Waals surface area contributed by atoms with Gasteiger partial charge in [-0.15, -0.1) is 0 Å². The largest absolute Gasteiger partial charge is 0.273 e. The first-order valence-electron chi connectivity index (χ1n) is 6.93. The molecule has 0 bridgehead atoms. The Balaban J connectivity index is 1.65. The fraction of sp³-hybridized carbons (Fsp3) is 0.467. The van der Waals surface area contributed by atoms with Crippen LogP contribution in [0.15, 0.2) is 24.3 Å². The molecule has 0 aliphatic heterocycles. The monoisotopic (exact) mass is 258 g/mol. The van der Waals surface area contributed by atoms with E-state index in [0.29, 0.717) is 0 Å². The molecule has 3 rings (SSSR count). The first-order valence-corrected chi connectivity index (χ1v) is 6.93. The first kappa shape index (κ1) is 12.2. The summed E-state index contributed by atoms with van der Waals surface area (Å²) < 4.78 is 0. The lowest BCUT2D eigenvalue weighted by Gasteiger charge is -2.24. The van der Waals surface area contributed by atoms with E-state index in [1.165, 1.54) is 5.56 Å². The third-order valence-electron chi connectivity index (χ3n) is 3.94. The number of aryl methyl sites for hydroxylation is 1. The van der Waals surface area contributed by atoms with Gasteiger partial charge in [0.2, 0.25) is 11.8 Å². The molecule has 4 heteroatoms. The minimum Gasteiger partial charge on any atom is -0.273 e. The van der Waals surface area contributed by atoms with Crippen molar-refractivity contribution in [2.75, 3.05) is 0 Å². The number of rotatable bonds is 2. The predicted molar refractivity (Wildman–Crippen MR) is 71.1 cm³/mol. The Morgan fingerprint density at radius 3 is 2.53 bits per heavy atom. The van der Waals surface area contributed by atoms with Crippen LogP contribution in [0.1, 0.15) is 42.7 Å². The van der Waals surface area contributed by atoms with Crippen molar-refractivity contribution in [2.45, 2.75) is 38.0 Å². The Hall–Kier alpha value is -1.84. The van der Waals surface area contributed by atoms with Crippen LogP contribution in [0.25, 0.3) is 0 Å². The maximum Gasteiger partial charge on any atom is 0.245 e. The molecule has 2 amide bonds. The summed E-state index contributed by atoms with van der Waals surface area (Å²) >= 11 is 0. The Kier molecular flexibility index (Phi) is 3.23. The van der Waals surface area contributed by atoms with Gasteiger partial charge in [0, 0.05) is 5.92 Å². The standard InChI is InChI=1S/C15H18N2O2/c18-14(11-8-9-11)16-17-15(19)13-7-3-5-10-4-1-2-6-12(10)13/h1-2,4,6,11,13H,3,5,7-9H2,(H,16,18)(H,17,19). The number of carbonyl (C=O) groups is 2. The number of fused-ring (bicyclic) bond motifs is 1. The van der Waals surface area contributed by atoms with Crippen molar-refractivity contribution >= 4 is 11.8 Å². The summed E-state index contributed by atoms with van der Waals surface area (Å²) in [5, 5.41) is 0. The molecule has 1 unspecified atom stereocenters. The van der Waals surface area contributed by atoms with Crippen LogP contribution in [0.3, 0.4) is 0 Å². The van der Waals surface area contributed by atoms with E-state index in [2.05, 4.69) is 16.9 Å². The summed E-state index contributed by atoms with van der Waals surface area (Å²) in [6, 6.07) is 8.07. The summed E-state index contributed by atoms with van der Waals surface area (Å²) in [6.45, 7) is 0. The molecule has 2 N–H and O–H groups in total. The van der Waals surface area contributed by atoms with Crippen molar-refractivity contribution < 1.29 is 9.59 Å². The zero-order chi connectivity index (χ0) is 13.2. The lowest BCUT2D eigenvalue weighted by Crippen LogP contribution is -2.45. The van der Waals surface area contributed by atoms with Gasteiger partial charge in [-0.25, -0.2) is 0 Å². The summed E-state index contributed by atoms with van der Waals surface area (Å²) in [5.41, 5.74) is 7.47. The van der Waals surface area contributed by atoms with Gasteiger partial charge in [0.05, 0.1) is 5.92 Å². The Labute approximate surface area is 112 Å². The van der Waals surface area contributed by atoms with Crippen LogP contribution in [0.4, 0.5) is 0 Å². The van der Waals surface area contributed by atoms with Crippen LogP contribution in [-0.2, 0) is 16.0 Å². The molecule has 0 radical (unpaired) electrons. The average molecular weight is 258 g/mol. The maximum atomic E-state index is 12.2. The van der Waals surface area contributed by atoms with E-state index in [1.54, 1.807) is 0 Å². The molecule has 100 valence electrons. The molecular formula is C15H18N2O2. The van der Waals surface area contributed by atoms with Crippen LogP contribution in [0.5, 0.6) is 0 Å². The van der Waals surface area contributed by atoms with E-state index >= 15 is 0 Å². The van der Waals surface area contributed by atoms with Crippen LogP contribution >= 0.6 is 0 Å². The maximum absolute atomic E-state index is 12.2. The second kappa shape index (κ2) is 5.03. The molecule has 0 spiro atoms. The first-order chi connectivity index (χ1) is 9.25. The average Bonchev–Trinajstić information content (AvgIpc) is 3.28. The number of hydrazine groups is 1. The van der Waals surface area contributed by atoms with E-state index in [1.807, 2.05) is 18.2 Å². The highest BCUT2D eigenvalue weighted by Crippen LogP contribution is 2.31. The van der Waals surface area contributed by atoms with E-state index in [-0.39, 0.29) is 23.7 Å². The van der Waals surface area contributed by atoms with Crippen molar-refractivity contribution in [3.63, 3.8) is 0 Å². The summed E-state index contributed by atoms with van der Waals surface area (Å²) in [5.74, 6) is -0.179. The van der Waals surface area contributed by atoms with Gasteiger partial charge in [-0.3, -0.25) is 20.4 Å². The van der Waals surface area contributed by atoms with Crippen LogP contribution in [-0.4, -0.2) is 11.8 Å². The zero-order valence-corrected chi connectivity index (χ0v) is 10.8. The molecule has 19 heavy (non-hydrogen) atoms. The van der Waals surface area contributed by atoms with Gasteiger partial charge in [0.15, 0.2) is 0 Å². The number of carbonyl (C=O) groups excluding carboxylic acids is 2. The summed E-state index contributed by atoms with van der Waals surface area (Å²) in [6.07, 6.45) is 4.78. The van der Waals surface area contributed by atoms with Gasteiger partial charge in [-0.2, -0.15) is 0 Å². The highest BCUT2D eigenvalue weighted by Gasteiger charge is 2.31. The molecule has 0 saturated heterocycles. The normalized spacial score (nSPS) is 21.4. The molecular weight excluding hydrogens is 240 g/mol. The van der Waals surface area contributed by atoms with Crippen molar-refractivity contribution in [1.82, 2.24) is 10.9 Å². The van der Waals surface area contributed by atoms with Gasteiger partial charge in [-0.1, -0.05) is 24.3 Å². The Morgan fingerprint density at radius 1 is 1.00 bits per heavy atom. The fourth-order valence-corrected chi connectivity index (χ4v) is 2.68. The predicted octanol–water partition coefficient (Wildman–Crippen LogP) is 1.66. The van der Waals surface area contributed by atoms with E-state index in [0.717, 1.165) is 37.7 Å². The second-order valence-corrected chi connectivity index (χ2v) is 5.40. The number of hydrogen-bond donors (Lipinski definition) is 2. The quantitative estimate of drug-likeness (QED) is 0.793. The molecule has 4 nitrogen and oxygen atoms in total. The van der Waals surface area contributed by atoms with Crippen LogP contribution < -0.4 is 10.9 Å². The van der Waals surface area contributed by atoms with Gasteiger partial charge < -0.3 is 0 Å². The molecule has 1 aromatic carbocycles. The summed E-state index contributed by atoms with van der Waals surface area (Å²) in [7, 11) is 0.